The van der Waals surface area contributed by atoms with Crippen molar-refractivity contribution in [2.24, 2.45) is 0 Å². The zero-order chi connectivity index (χ0) is 14.3. The Morgan fingerprint density at radius 2 is 1.81 bits per heavy atom. The second kappa shape index (κ2) is 7.25. The Kier molecular flexibility index (Phi) is 4.87. The molecule has 0 bridgehead atoms. The highest BCUT2D eigenvalue weighted by molar-refractivity contribution is 7.09. The van der Waals surface area contributed by atoms with E-state index in [4.69, 9.17) is 4.74 Å². The summed E-state index contributed by atoms with van der Waals surface area (Å²) in [6, 6.07) is 18.8. The van der Waals surface area contributed by atoms with Crippen molar-refractivity contribution in [1.82, 2.24) is 5.32 Å². The number of rotatable bonds is 7. The summed E-state index contributed by atoms with van der Waals surface area (Å²) in [6.45, 7) is 2.56. The number of thiophene rings is 1. The molecular formula is C18H19NOS. The second-order valence-electron chi connectivity index (χ2n) is 4.91. The van der Waals surface area contributed by atoms with Gasteiger partial charge in [-0.05, 0) is 29.3 Å². The molecule has 1 aromatic heterocycles. The first-order chi connectivity index (χ1) is 10.4. The molecule has 0 saturated heterocycles. The van der Waals surface area contributed by atoms with Gasteiger partial charge >= 0.3 is 0 Å². The molecular weight excluding hydrogens is 278 g/mol. The van der Waals surface area contributed by atoms with Crippen LogP contribution in [0, 0.1) is 0 Å². The van der Waals surface area contributed by atoms with Gasteiger partial charge in [0, 0.05) is 23.4 Å². The van der Waals surface area contributed by atoms with Crippen LogP contribution in [0.1, 0.15) is 4.88 Å². The van der Waals surface area contributed by atoms with Crippen molar-refractivity contribution in [2.45, 2.75) is 6.42 Å². The van der Waals surface area contributed by atoms with Crippen molar-refractivity contribution in [3.05, 3.63) is 64.9 Å². The summed E-state index contributed by atoms with van der Waals surface area (Å²) in [6.07, 6.45) is 1.09. The number of hydrogen-bond donors (Lipinski definition) is 1. The average molecular weight is 297 g/mol. The van der Waals surface area contributed by atoms with Crippen molar-refractivity contribution in [3.8, 4) is 5.75 Å². The van der Waals surface area contributed by atoms with Gasteiger partial charge < -0.3 is 10.1 Å². The van der Waals surface area contributed by atoms with Crippen LogP contribution in [0.2, 0.25) is 0 Å². The summed E-state index contributed by atoms with van der Waals surface area (Å²) < 4.78 is 5.90. The van der Waals surface area contributed by atoms with E-state index in [1.807, 2.05) is 23.5 Å². The number of nitrogens with one attached hydrogen (secondary N) is 1. The van der Waals surface area contributed by atoms with Gasteiger partial charge in [0.25, 0.3) is 0 Å². The average Bonchev–Trinajstić information content (AvgIpc) is 3.04. The van der Waals surface area contributed by atoms with Gasteiger partial charge in [-0.1, -0.05) is 42.5 Å². The van der Waals surface area contributed by atoms with Crippen LogP contribution in [0.5, 0.6) is 5.75 Å². The molecule has 0 amide bonds. The third kappa shape index (κ3) is 3.84. The van der Waals surface area contributed by atoms with Crippen LogP contribution in [0.15, 0.2) is 60.0 Å². The maximum absolute atomic E-state index is 5.90. The molecule has 0 unspecified atom stereocenters. The first-order valence-electron chi connectivity index (χ1n) is 7.27. The molecule has 3 rings (SSSR count). The van der Waals surface area contributed by atoms with E-state index in [2.05, 4.69) is 53.2 Å². The third-order valence-electron chi connectivity index (χ3n) is 3.41. The zero-order valence-corrected chi connectivity index (χ0v) is 12.7. The van der Waals surface area contributed by atoms with Crippen molar-refractivity contribution in [3.63, 3.8) is 0 Å². The number of fused-ring (bicyclic) bond motifs is 1. The van der Waals surface area contributed by atoms with E-state index in [1.54, 1.807) is 0 Å². The third-order valence-corrected chi connectivity index (χ3v) is 4.35. The number of hydrogen-bond acceptors (Lipinski definition) is 3. The number of benzene rings is 2. The standard InChI is InChI=1S/C18H19NOS/c1-2-8-17-15(5-1)6-3-9-18(17)20-13-12-19-11-10-16-7-4-14-21-16/h1-9,14,19H,10-13H2. The van der Waals surface area contributed by atoms with Gasteiger partial charge in [-0.15, -0.1) is 11.3 Å². The Balaban J connectivity index is 1.44. The van der Waals surface area contributed by atoms with Crippen molar-refractivity contribution in [2.75, 3.05) is 19.7 Å². The summed E-state index contributed by atoms with van der Waals surface area (Å²) in [5.41, 5.74) is 0. The van der Waals surface area contributed by atoms with Crippen molar-refractivity contribution >= 4 is 22.1 Å². The summed E-state index contributed by atoms with van der Waals surface area (Å²) in [4.78, 5) is 1.43. The lowest BCUT2D eigenvalue weighted by Crippen LogP contribution is -2.23. The topological polar surface area (TPSA) is 21.3 Å². The van der Waals surface area contributed by atoms with Crippen LogP contribution in [-0.4, -0.2) is 19.7 Å². The Bertz CT molecular complexity index is 673. The molecule has 2 nitrogen and oxygen atoms in total. The highest BCUT2D eigenvalue weighted by atomic mass is 32.1. The molecule has 0 atom stereocenters. The molecule has 2 aromatic carbocycles. The lowest BCUT2D eigenvalue weighted by atomic mass is 10.1. The molecule has 3 aromatic rings. The summed E-state index contributed by atoms with van der Waals surface area (Å²) in [7, 11) is 0. The predicted molar refractivity (Wildman–Crippen MR) is 90.3 cm³/mol. The van der Waals surface area contributed by atoms with Gasteiger partial charge in [-0.3, -0.25) is 0 Å². The Labute approximate surface area is 129 Å². The van der Waals surface area contributed by atoms with E-state index in [9.17, 15) is 0 Å². The van der Waals surface area contributed by atoms with Crippen LogP contribution in [0.25, 0.3) is 10.8 Å². The van der Waals surface area contributed by atoms with Gasteiger partial charge in [0.15, 0.2) is 0 Å². The van der Waals surface area contributed by atoms with Gasteiger partial charge in [-0.2, -0.15) is 0 Å². The number of ether oxygens (including phenoxy) is 1. The smallest absolute Gasteiger partial charge is 0.127 e. The zero-order valence-electron chi connectivity index (χ0n) is 11.9. The minimum atomic E-state index is 0.693. The molecule has 0 radical (unpaired) electrons. The lowest BCUT2D eigenvalue weighted by Gasteiger charge is -2.10. The van der Waals surface area contributed by atoms with Crippen LogP contribution < -0.4 is 10.1 Å². The maximum atomic E-state index is 5.90. The monoisotopic (exact) mass is 297 g/mol. The molecule has 0 aliphatic heterocycles. The van der Waals surface area contributed by atoms with Crippen LogP contribution in [-0.2, 0) is 6.42 Å². The fraction of sp³-hybridized carbons (Fsp3) is 0.222. The molecule has 108 valence electrons. The molecule has 0 aliphatic carbocycles. The van der Waals surface area contributed by atoms with Gasteiger partial charge in [0.05, 0.1) is 0 Å². The molecule has 1 N–H and O–H groups in total. The molecule has 21 heavy (non-hydrogen) atoms. The lowest BCUT2D eigenvalue weighted by molar-refractivity contribution is 0.318. The maximum Gasteiger partial charge on any atom is 0.127 e. The van der Waals surface area contributed by atoms with E-state index in [1.165, 1.54) is 15.6 Å². The van der Waals surface area contributed by atoms with Crippen molar-refractivity contribution < 1.29 is 4.74 Å². The molecule has 3 heteroatoms. The summed E-state index contributed by atoms with van der Waals surface area (Å²) in [5.74, 6) is 0.966. The van der Waals surface area contributed by atoms with Gasteiger partial charge in [-0.25, -0.2) is 0 Å². The van der Waals surface area contributed by atoms with E-state index >= 15 is 0 Å². The Morgan fingerprint density at radius 1 is 0.905 bits per heavy atom. The molecule has 0 spiro atoms. The highest BCUT2D eigenvalue weighted by Crippen LogP contribution is 2.24. The molecule has 0 saturated carbocycles. The first kappa shape index (κ1) is 14.1. The molecule has 1 heterocycles. The minimum absolute atomic E-state index is 0.693. The van der Waals surface area contributed by atoms with Crippen LogP contribution in [0.3, 0.4) is 0 Å². The SMILES string of the molecule is c1csc(CCNCCOc2cccc3ccccc23)c1. The van der Waals surface area contributed by atoms with E-state index in [-0.39, 0.29) is 0 Å². The van der Waals surface area contributed by atoms with Crippen LogP contribution in [0.4, 0.5) is 0 Å². The normalized spacial score (nSPS) is 10.9. The first-order valence-corrected chi connectivity index (χ1v) is 8.15. The van der Waals surface area contributed by atoms with Crippen molar-refractivity contribution in [1.29, 1.82) is 0 Å². The second-order valence-corrected chi connectivity index (χ2v) is 5.94. The largest absolute Gasteiger partial charge is 0.492 e. The Morgan fingerprint density at radius 3 is 2.71 bits per heavy atom. The van der Waals surface area contributed by atoms with E-state index in [0.29, 0.717) is 6.61 Å². The van der Waals surface area contributed by atoms with Gasteiger partial charge in [0.1, 0.15) is 12.4 Å². The fourth-order valence-electron chi connectivity index (χ4n) is 2.35. The molecule has 0 fully saturated rings. The van der Waals surface area contributed by atoms with E-state index < -0.39 is 0 Å². The predicted octanol–water partition coefficient (Wildman–Crippen LogP) is 4.11. The fourth-order valence-corrected chi connectivity index (χ4v) is 3.06. The summed E-state index contributed by atoms with van der Waals surface area (Å²) >= 11 is 1.81. The molecule has 0 aliphatic rings. The summed E-state index contributed by atoms with van der Waals surface area (Å²) in [5, 5.41) is 7.95. The van der Waals surface area contributed by atoms with E-state index in [0.717, 1.165) is 25.3 Å². The quantitative estimate of drug-likeness (QED) is 0.663. The minimum Gasteiger partial charge on any atom is -0.492 e. The highest BCUT2D eigenvalue weighted by Gasteiger charge is 2.00. The van der Waals surface area contributed by atoms with Gasteiger partial charge in [0.2, 0.25) is 0 Å². The van der Waals surface area contributed by atoms with Crippen LogP contribution >= 0.6 is 11.3 Å². The Hall–Kier alpha value is -1.84.